The van der Waals surface area contributed by atoms with Crippen LogP contribution in [0.5, 0.6) is 0 Å². The van der Waals surface area contributed by atoms with Crippen LogP contribution in [0, 0.1) is 11.8 Å². The first-order valence-corrected chi connectivity index (χ1v) is 6.95. The summed E-state index contributed by atoms with van der Waals surface area (Å²) in [5, 5.41) is 8.59. The fourth-order valence-corrected chi connectivity index (χ4v) is 2.19. The van der Waals surface area contributed by atoms with Gasteiger partial charge in [0.05, 0.1) is 0 Å². The van der Waals surface area contributed by atoms with Gasteiger partial charge in [0, 0.05) is 6.42 Å². The van der Waals surface area contributed by atoms with Crippen molar-refractivity contribution < 1.29 is 9.90 Å². The Hall–Kier alpha value is -1.05. The van der Waals surface area contributed by atoms with Gasteiger partial charge in [0.2, 0.25) is 0 Å². The number of carboxylic acids is 1. The van der Waals surface area contributed by atoms with E-state index in [4.69, 9.17) is 5.11 Å². The van der Waals surface area contributed by atoms with Crippen LogP contribution in [0.4, 0.5) is 0 Å². The number of carboxylic acid groups (broad SMARTS) is 1. The molecule has 2 heteroatoms. The highest BCUT2D eigenvalue weighted by Gasteiger charge is 2.11. The first-order valence-electron chi connectivity index (χ1n) is 6.95. The summed E-state index contributed by atoms with van der Waals surface area (Å²) in [5.41, 5.74) is 1.26. The Kier molecular flexibility index (Phi) is 9.35. The molecule has 0 amide bonds. The van der Waals surface area contributed by atoms with Crippen LogP contribution in [0.2, 0.25) is 0 Å². The minimum atomic E-state index is -0.687. The van der Waals surface area contributed by atoms with Crippen molar-refractivity contribution in [1.29, 1.82) is 0 Å². The van der Waals surface area contributed by atoms with Gasteiger partial charge >= 0.3 is 5.97 Å². The minimum Gasteiger partial charge on any atom is -0.481 e. The van der Waals surface area contributed by atoms with Crippen LogP contribution in [0.3, 0.4) is 0 Å². The molecule has 0 saturated carbocycles. The number of carbonyl (C=O) groups is 1. The van der Waals surface area contributed by atoms with Gasteiger partial charge in [-0.15, -0.1) is 6.58 Å². The fraction of sp³-hybridized carbons (Fsp3) is 0.688. The smallest absolute Gasteiger partial charge is 0.303 e. The lowest BCUT2D eigenvalue weighted by molar-refractivity contribution is -0.137. The lowest BCUT2D eigenvalue weighted by Gasteiger charge is -2.19. The van der Waals surface area contributed by atoms with E-state index in [2.05, 4.69) is 27.0 Å². The Morgan fingerprint density at radius 3 is 2.44 bits per heavy atom. The van der Waals surface area contributed by atoms with E-state index in [0.29, 0.717) is 18.3 Å². The van der Waals surface area contributed by atoms with E-state index in [1.807, 2.05) is 6.08 Å². The Morgan fingerprint density at radius 1 is 1.28 bits per heavy atom. The summed E-state index contributed by atoms with van der Waals surface area (Å²) in [5.74, 6) is 0.507. The van der Waals surface area contributed by atoms with Gasteiger partial charge in [-0.2, -0.15) is 0 Å². The van der Waals surface area contributed by atoms with Crippen molar-refractivity contribution in [3.8, 4) is 0 Å². The molecule has 2 nitrogen and oxygen atoms in total. The van der Waals surface area contributed by atoms with E-state index in [1.165, 1.54) is 5.57 Å². The zero-order chi connectivity index (χ0) is 14.0. The van der Waals surface area contributed by atoms with Gasteiger partial charge in [0.15, 0.2) is 0 Å². The molecule has 104 valence electrons. The summed E-state index contributed by atoms with van der Waals surface area (Å²) in [4.78, 5) is 10.4. The first kappa shape index (κ1) is 16.9. The quantitative estimate of drug-likeness (QED) is 0.535. The number of hydrogen-bond donors (Lipinski definition) is 1. The molecule has 0 aliphatic rings. The monoisotopic (exact) mass is 252 g/mol. The van der Waals surface area contributed by atoms with Crippen LogP contribution < -0.4 is 0 Å². The van der Waals surface area contributed by atoms with E-state index >= 15 is 0 Å². The second-order valence-corrected chi connectivity index (χ2v) is 5.38. The largest absolute Gasteiger partial charge is 0.481 e. The zero-order valence-corrected chi connectivity index (χ0v) is 12.0. The molecule has 0 saturated heterocycles. The van der Waals surface area contributed by atoms with Crippen molar-refractivity contribution in [1.82, 2.24) is 0 Å². The second-order valence-electron chi connectivity index (χ2n) is 5.38. The van der Waals surface area contributed by atoms with Crippen LogP contribution in [-0.2, 0) is 4.79 Å². The molecule has 0 aromatic rings. The summed E-state index contributed by atoms with van der Waals surface area (Å²) in [6, 6.07) is 0. The summed E-state index contributed by atoms with van der Waals surface area (Å²) in [6.07, 6.45) is 8.58. The van der Waals surface area contributed by atoms with Crippen molar-refractivity contribution in [3.05, 3.63) is 24.8 Å². The van der Waals surface area contributed by atoms with Crippen molar-refractivity contribution in [2.24, 2.45) is 11.8 Å². The second kappa shape index (κ2) is 9.93. The van der Waals surface area contributed by atoms with E-state index in [1.54, 1.807) is 0 Å². The van der Waals surface area contributed by atoms with E-state index < -0.39 is 5.97 Å². The molecular formula is C16H28O2. The predicted molar refractivity (Wildman–Crippen MR) is 77.6 cm³/mol. The number of hydrogen-bond acceptors (Lipinski definition) is 1. The number of rotatable bonds is 11. The topological polar surface area (TPSA) is 37.3 Å². The standard InChI is InChI=1S/C16H28O2/c1-5-6-9-15(13(2)3)12-11-14(4)8-7-10-16(17)18/h5,14-15H,1-2,6-12H2,3-4H3,(H,17,18)/t14-,15-/m1/s1. The Balaban J connectivity index is 3.84. The van der Waals surface area contributed by atoms with Crippen LogP contribution in [0.25, 0.3) is 0 Å². The lowest BCUT2D eigenvalue weighted by Crippen LogP contribution is -2.05. The number of allylic oxidation sites excluding steroid dienone is 2. The molecule has 0 bridgehead atoms. The SMILES string of the molecule is C=CCC[C@H](CC[C@H](C)CCCC(=O)O)C(=C)C. The molecule has 0 aromatic carbocycles. The van der Waals surface area contributed by atoms with E-state index in [0.717, 1.165) is 38.5 Å². The lowest BCUT2D eigenvalue weighted by atomic mass is 9.87. The van der Waals surface area contributed by atoms with Gasteiger partial charge < -0.3 is 5.11 Å². The van der Waals surface area contributed by atoms with Crippen molar-refractivity contribution in [2.75, 3.05) is 0 Å². The third-order valence-electron chi connectivity index (χ3n) is 3.51. The molecule has 0 unspecified atom stereocenters. The summed E-state index contributed by atoms with van der Waals surface area (Å²) < 4.78 is 0. The van der Waals surface area contributed by atoms with Gasteiger partial charge in [0.1, 0.15) is 0 Å². The molecule has 1 N–H and O–H groups in total. The molecule has 0 aliphatic carbocycles. The molecule has 0 radical (unpaired) electrons. The Bertz CT molecular complexity index is 268. The maximum atomic E-state index is 10.4. The van der Waals surface area contributed by atoms with Crippen molar-refractivity contribution >= 4 is 5.97 Å². The van der Waals surface area contributed by atoms with Crippen LogP contribution >= 0.6 is 0 Å². The summed E-state index contributed by atoms with van der Waals surface area (Å²) in [7, 11) is 0. The first-order chi connectivity index (χ1) is 8.47. The molecule has 0 aromatic heterocycles. The molecule has 2 atom stereocenters. The average molecular weight is 252 g/mol. The normalized spacial score (nSPS) is 13.9. The molecule has 0 aliphatic heterocycles. The highest BCUT2D eigenvalue weighted by atomic mass is 16.4. The van der Waals surface area contributed by atoms with E-state index in [-0.39, 0.29) is 0 Å². The highest BCUT2D eigenvalue weighted by Crippen LogP contribution is 2.25. The van der Waals surface area contributed by atoms with Crippen LogP contribution in [0.1, 0.15) is 58.8 Å². The van der Waals surface area contributed by atoms with Gasteiger partial charge in [0.25, 0.3) is 0 Å². The Morgan fingerprint density at radius 2 is 1.94 bits per heavy atom. The van der Waals surface area contributed by atoms with E-state index in [9.17, 15) is 4.79 Å². The van der Waals surface area contributed by atoms with Gasteiger partial charge in [-0.25, -0.2) is 0 Å². The van der Waals surface area contributed by atoms with Crippen molar-refractivity contribution in [3.63, 3.8) is 0 Å². The van der Waals surface area contributed by atoms with Crippen LogP contribution in [0.15, 0.2) is 24.8 Å². The fourth-order valence-electron chi connectivity index (χ4n) is 2.19. The third-order valence-corrected chi connectivity index (χ3v) is 3.51. The van der Waals surface area contributed by atoms with Gasteiger partial charge in [-0.05, 0) is 44.4 Å². The molecule has 0 rings (SSSR count). The third kappa shape index (κ3) is 9.03. The predicted octanol–water partition coefficient (Wildman–Crippen LogP) is 4.82. The molecule has 0 fully saturated rings. The van der Waals surface area contributed by atoms with Crippen molar-refractivity contribution in [2.45, 2.75) is 58.8 Å². The van der Waals surface area contributed by atoms with Gasteiger partial charge in [-0.3, -0.25) is 4.79 Å². The average Bonchev–Trinajstić information content (AvgIpc) is 2.28. The highest BCUT2D eigenvalue weighted by molar-refractivity contribution is 5.66. The summed E-state index contributed by atoms with van der Waals surface area (Å²) in [6.45, 7) is 12.1. The van der Waals surface area contributed by atoms with Gasteiger partial charge in [-0.1, -0.05) is 38.0 Å². The number of aliphatic carboxylic acids is 1. The minimum absolute atomic E-state index is 0.296. The molecule has 18 heavy (non-hydrogen) atoms. The maximum Gasteiger partial charge on any atom is 0.303 e. The summed E-state index contributed by atoms with van der Waals surface area (Å²) >= 11 is 0. The Labute approximate surface area is 112 Å². The zero-order valence-electron chi connectivity index (χ0n) is 12.0. The molecular weight excluding hydrogens is 224 g/mol. The van der Waals surface area contributed by atoms with Crippen LogP contribution in [-0.4, -0.2) is 11.1 Å². The molecule has 0 heterocycles. The molecule has 0 spiro atoms. The maximum absolute atomic E-state index is 10.4.